The van der Waals surface area contributed by atoms with Crippen LogP contribution in [0.4, 0.5) is 10.1 Å². The smallest absolute Gasteiger partial charge is 0.238 e. The van der Waals surface area contributed by atoms with Crippen LogP contribution < -0.4 is 10.6 Å². The Kier molecular flexibility index (Phi) is 4.91. The number of anilines is 1. The van der Waals surface area contributed by atoms with Gasteiger partial charge in [-0.3, -0.25) is 4.79 Å². The van der Waals surface area contributed by atoms with Gasteiger partial charge in [0.05, 0.1) is 6.54 Å². The lowest BCUT2D eigenvalue weighted by Gasteiger charge is -2.16. The summed E-state index contributed by atoms with van der Waals surface area (Å²) >= 11 is 0. The zero-order valence-electron chi connectivity index (χ0n) is 11.3. The van der Waals surface area contributed by atoms with Crippen molar-refractivity contribution in [1.29, 1.82) is 0 Å². The molecule has 4 heteroatoms. The second-order valence-electron chi connectivity index (χ2n) is 5.22. The molecule has 0 heterocycles. The Morgan fingerprint density at radius 2 is 2.26 bits per heavy atom. The maximum atomic E-state index is 13.0. The van der Waals surface area contributed by atoms with Crippen molar-refractivity contribution in [1.82, 2.24) is 5.32 Å². The topological polar surface area (TPSA) is 41.1 Å². The third-order valence-electron chi connectivity index (χ3n) is 3.47. The number of nitrogens with one attached hydrogen (secondary N) is 2. The van der Waals surface area contributed by atoms with Crippen molar-refractivity contribution in [2.75, 3.05) is 11.9 Å². The number of amides is 1. The Balaban J connectivity index is 1.74. The molecular weight excluding hydrogens is 243 g/mol. The number of benzene rings is 1. The summed E-state index contributed by atoms with van der Waals surface area (Å²) in [6.07, 6.45) is 4.84. The predicted octanol–water partition coefficient (Wildman–Crippen LogP) is 2.93. The van der Waals surface area contributed by atoms with Gasteiger partial charge >= 0.3 is 0 Å². The van der Waals surface area contributed by atoms with Gasteiger partial charge < -0.3 is 10.6 Å². The average molecular weight is 264 g/mol. The van der Waals surface area contributed by atoms with Gasteiger partial charge in [0.1, 0.15) is 5.82 Å². The minimum absolute atomic E-state index is 0.125. The number of halogens is 1. The van der Waals surface area contributed by atoms with Gasteiger partial charge in [0.25, 0.3) is 0 Å². The van der Waals surface area contributed by atoms with Gasteiger partial charge in [-0.1, -0.05) is 25.8 Å². The molecule has 1 saturated carbocycles. The molecule has 2 rings (SSSR count). The van der Waals surface area contributed by atoms with Crippen LogP contribution in [0.3, 0.4) is 0 Å². The minimum atomic E-state index is -0.342. The van der Waals surface area contributed by atoms with E-state index in [4.69, 9.17) is 0 Å². The second kappa shape index (κ2) is 6.66. The average Bonchev–Trinajstić information content (AvgIpc) is 3.18. The minimum Gasteiger partial charge on any atom is -0.325 e. The van der Waals surface area contributed by atoms with Crippen molar-refractivity contribution in [3.05, 3.63) is 30.1 Å². The van der Waals surface area contributed by atoms with Gasteiger partial charge in [-0.05, 0) is 37.0 Å². The van der Waals surface area contributed by atoms with Crippen LogP contribution >= 0.6 is 0 Å². The predicted molar refractivity (Wildman–Crippen MR) is 74.5 cm³/mol. The molecule has 1 atom stereocenters. The summed E-state index contributed by atoms with van der Waals surface area (Å²) < 4.78 is 13.0. The first-order chi connectivity index (χ1) is 9.17. The van der Waals surface area contributed by atoms with Gasteiger partial charge in [0, 0.05) is 11.7 Å². The molecule has 0 aromatic heterocycles. The Morgan fingerprint density at radius 3 is 2.89 bits per heavy atom. The highest BCUT2D eigenvalue weighted by Gasteiger charge is 2.24. The van der Waals surface area contributed by atoms with Crippen molar-refractivity contribution in [3.63, 3.8) is 0 Å². The van der Waals surface area contributed by atoms with E-state index >= 15 is 0 Å². The van der Waals surface area contributed by atoms with Crippen molar-refractivity contribution < 1.29 is 9.18 Å². The van der Waals surface area contributed by atoms with Crippen LogP contribution in [0.2, 0.25) is 0 Å². The van der Waals surface area contributed by atoms with E-state index in [1.807, 2.05) is 0 Å². The molecule has 1 aliphatic carbocycles. The van der Waals surface area contributed by atoms with Gasteiger partial charge in [-0.25, -0.2) is 4.39 Å². The maximum absolute atomic E-state index is 13.0. The molecule has 0 saturated heterocycles. The molecule has 1 aromatic rings. The number of hydrogen-bond donors (Lipinski definition) is 2. The summed E-state index contributed by atoms with van der Waals surface area (Å²) in [5.74, 6) is 0.384. The lowest BCUT2D eigenvalue weighted by Crippen LogP contribution is -2.36. The largest absolute Gasteiger partial charge is 0.325 e. The van der Waals surface area contributed by atoms with Crippen LogP contribution in [0.1, 0.15) is 32.6 Å². The van der Waals surface area contributed by atoms with Crippen LogP contribution in [0.25, 0.3) is 0 Å². The molecule has 0 radical (unpaired) electrons. The van der Waals surface area contributed by atoms with E-state index in [1.165, 1.54) is 25.0 Å². The molecule has 1 fully saturated rings. The Morgan fingerprint density at radius 1 is 1.47 bits per heavy atom. The Hall–Kier alpha value is -1.42. The first kappa shape index (κ1) is 14.0. The molecule has 0 spiro atoms. The number of rotatable bonds is 7. The second-order valence-corrected chi connectivity index (χ2v) is 5.22. The molecule has 0 aliphatic heterocycles. The molecule has 1 amide bonds. The van der Waals surface area contributed by atoms with E-state index in [1.54, 1.807) is 12.1 Å². The molecule has 104 valence electrons. The highest BCUT2D eigenvalue weighted by atomic mass is 19.1. The summed E-state index contributed by atoms with van der Waals surface area (Å²) in [6.45, 7) is 2.41. The number of carbonyl (C=O) groups excluding carboxylic acids is 1. The normalized spacial score (nSPS) is 16.1. The van der Waals surface area contributed by atoms with E-state index in [9.17, 15) is 9.18 Å². The zero-order chi connectivity index (χ0) is 13.7. The monoisotopic (exact) mass is 264 g/mol. The summed E-state index contributed by atoms with van der Waals surface area (Å²) in [7, 11) is 0. The van der Waals surface area contributed by atoms with E-state index in [0.29, 0.717) is 11.7 Å². The molecule has 3 nitrogen and oxygen atoms in total. The molecule has 1 aromatic carbocycles. The molecule has 19 heavy (non-hydrogen) atoms. The third-order valence-corrected chi connectivity index (χ3v) is 3.47. The number of carbonyl (C=O) groups is 1. The fraction of sp³-hybridized carbons (Fsp3) is 0.533. The van der Waals surface area contributed by atoms with Crippen molar-refractivity contribution in [3.8, 4) is 0 Å². The standard InChI is InChI=1S/C15H21FN2O/c1-2-13(8-11-6-7-11)17-10-15(19)18-14-5-3-4-12(16)9-14/h3-5,9,11,13,17H,2,6-8,10H2,1H3,(H,18,19). The first-order valence-corrected chi connectivity index (χ1v) is 6.96. The van der Waals surface area contributed by atoms with E-state index in [-0.39, 0.29) is 18.3 Å². The number of hydrogen-bond acceptors (Lipinski definition) is 2. The maximum Gasteiger partial charge on any atom is 0.238 e. The van der Waals surface area contributed by atoms with Crippen LogP contribution in [0.5, 0.6) is 0 Å². The third kappa shape index (κ3) is 4.99. The van der Waals surface area contributed by atoms with E-state index < -0.39 is 0 Å². The Labute approximate surface area is 113 Å². The van der Waals surface area contributed by atoms with Crippen LogP contribution in [-0.2, 0) is 4.79 Å². The van der Waals surface area contributed by atoms with Crippen LogP contribution in [-0.4, -0.2) is 18.5 Å². The zero-order valence-corrected chi connectivity index (χ0v) is 11.3. The summed E-state index contributed by atoms with van der Waals surface area (Å²) in [5, 5.41) is 5.96. The van der Waals surface area contributed by atoms with Gasteiger partial charge in [0.2, 0.25) is 5.91 Å². The fourth-order valence-electron chi connectivity index (χ4n) is 2.16. The summed E-state index contributed by atoms with van der Waals surface area (Å²) in [6, 6.07) is 6.35. The summed E-state index contributed by atoms with van der Waals surface area (Å²) in [4.78, 5) is 11.7. The fourth-order valence-corrected chi connectivity index (χ4v) is 2.16. The van der Waals surface area contributed by atoms with Gasteiger partial charge in [-0.2, -0.15) is 0 Å². The SMILES string of the molecule is CCC(CC1CC1)NCC(=O)Nc1cccc(F)c1. The van der Waals surface area contributed by atoms with Crippen molar-refractivity contribution in [2.45, 2.75) is 38.6 Å². The molecule has 0 bridgehead atoms. The lowest BCUT2D eigenvalue weighted by atomic mass is 10.1. The van der Waals surface area contributed by atoms with Gasteiger partial charge in [-0.15, -0.1) is 0 Å². The summed E-state index contributed by atoms with van der Waals surface area (Å²) in [5.41, 5.74) is 0.502. The van der Waals surface area contributed by atoms with Crippen LogP contribution in [0, 0.1) is 11.7 Å². The quantitative estimate of drug-likeness (QED) is 0.795. The van der Waals surface area contributed by atoms with Crippen molar-refractivity contribution >= 4 is 11.6 Å². The van der Waals surface area contributed by atoms with E-state index in [2.05, 4.69) is 17.6 Å². The molecule has 2 N–H and O–H groups in total. The lowest BCUT2D eigenvalue weighted by molar-refractivity contribution is -0.115. The van der Waals surface area contributed by atoms with Gasteiger partial charge in [0.15, 0.2) is 0 Å². The molecule has 1 unspecified atom stereocenters. The van der Waals surface area contributed by atoms with Crippen LogP contribution in [0.15, 0.2) is 24.3 Å². The molecular formula is C15H21FN2O. The highest BCUT2D eigenvalue weighted by molar-refractivity contribution is 5.92. The molecule has 1 aliphatic rings. The van der Waals surface area contributed by atoms with E-state index in [0.717, 1.165) is 18.8 Å². The highest BCUT2D eigenvalue weighted by Crippen LogP contribution is 2.33. The Bertz CT molecular complexity index is 432. The first-order valence-electron chi connectivity index (χ1n) is 6.96. The van der Waals surface area contributed by atoms with Crippen molar-refractivity contribution in [2.24, 2.45) is 5.92 Å².